The van der Waals surface area contributed by atoms with Crippen LogP contribution in [0.2, 0.25) is 0 Å². The van der Waals surface area contributed by atoms with Gasteiger partial charge in [0, 0.05) is 5.33 Å². The molecule has 40 heavy (non-hydrogen) atoms. The summed E-state index contributed by atoms with van der Waals surface area (Å²) in [4.78, 5) is 0. The predicted molar refractivity (Wildman–Crippen MR) is 174 cm³/mol. The summed E-state index contributed by atoms with van der Waals surface area (Å²) >= 11 is 3.82. The largest absolute Gasteiger partial charge is 0.488 e. The number of unbranched alkanes of at least 4 members (excludes halogenated alkanes) is 3. The molecule has 4 rings (SSSR count). The lowest BCUT2D eigenvalue weighted by molar-refractivity contribution is 0.285. The molecule has 0 N–H and O–H groups in total. The van der Waals surface area contributed by atoms with Crippen LogP contribution in [-0.4, -0.2) is 5.33 Å². The van der Waals surface area contributed by atoms with Crippen molar-refractivity contribution in [2.24, 2.45) is 5.92 Å². The van der Waals surface area contributed by atoms with E-state index in [2.05, 4.69) is 116 Å². The van der Waals surface area contributed by atoms with Crippen LogP contribution in [0.4, 0.5) is 0 Å². The Bertz CT molecular complexity index is 1170. The Labute approximate surface area is 251 Å². The molecule has 1 atom stereocenters. The standard InChI is InChI=1S/C37H47BrO2/c1-5-6-7-14-21-37(3,4)32-23-34(39-26-29-15-10-8-11-16-29)36(33-22-28(2)19-20-31(33)25-38)35(24-32)40-27-30-17-12-9-13-18-30/h8-13,15-18,23-24,28H,5-7,14,19-22,25-27H2,1-4H3. The zero-order chi connectivity index (χ0) is 28.4. The van der Waals surface area contributed by atoms with E-state index >= 15 is 0 Å². The van der Waals surface area contributed by atoms with Gasteiger partial charge in [-0.1, -0.05) is 136 Å². The van der Waals surface area contributed by atoms with E-state index in [1.54, 1.807) is 0 Å². The van der Waals surface area contributed by atoms with Gasteiger partial charge in [0.15, 0.2) is 0 Å². The minimum absolute atomic E-state index is 0.0223. The molecule has 0 saturated carbocycles. The monoisotopic (exact) mass is 602 g/mol. The Morgan fingerprint density at radius 3 is 1.93 bits per heavy atom. The molecule has 214 valence electrons. The molecule has 0 aromatic heterocycles. The molecule has 0 saturated heterocycles. The third-order valence-electron chi connectivity index (χ3n) is 8.36. The lowest BCUT2D eigenvalue weighted by atomic mass is 9.77. The van der Waals surface area contributed by atoms with Crippen molar-refractivity contribution in [2.45, 2.75) is 97.7 Å². The quantitative estimate of drug-likeness (QED) is 0.135. The van der Waals surface area contributed by atoms with Crippen molar-refractivity contribution in [1.82, 2.24) is 0 Å². The van der Waals surface area contributed by atoms with Crippen molar-refractivity contribution < 1.29 is 9.47 Å². The fraction of sp³-hybridized carbons (Fsp3) is 0.459. The van der Waals surface area contributed by atoms with Crippen LogP contribution < -0.4 is 9.47 Å². The minimum atomic E-state index is 0.0223. The van der Waals surface area contributed by atoms with E-state index in [1.807, 2.05) is 0 Å². The van der Waals surface area contributed by atoms with Crippen molar-refractivity contribution in [1.29, 1.82) is 0 Å². The molecule has 0 heterocycles. The van der Waals surface area contributed by atoms with Gasteiger partial charge in [0.05, 0.1) is 5.56 Å². The average molecular weight is 604 g/mol. The van der Waals surface area contributed by atoms with E-state index in [-0.39, 0.29) is 5.41 Å². The summed E-state index contributed by atoms with van der Waals surface area (Å²) in [6.07, 6.45) is 9.61. The fourth-order valence-corrected chi connectivity index (χ4v) is 6.33. The molecule has 0 radical (unpaired) electrons. The van der Waals surface area contributed by atoms with Crippen molar-refractivity contribution in [3.8, 4) is 11.5 Å². The first kappa shape index (κ1) is 30.4. The third-order valence-corrected chi connectivity index (χ3v) is 9.04. The zero-order valence-corrected chi connectivity index (χ0v) is 26.6. The Hall–Kier alpha value is -2.52. The summed E-state index contributed by atoms with van der Waals surface area (Å²) in [5.74, 6) is 2.54. The highest BCUT2D eigenvalue weighted by molar-refractivity contribution is 9.09. The predicted octanol–water partition coefficient (Wildman–Crippen LogP) is 11.1. The molecular formula is C37H47BrO2. The van der Waals surface area contributed by atoms with E-state index in [1.165, 1.54) is 59.9 Å². The highest BCUT2D eigenvalue weighted by Crippen LogP contribution is 2.47. The van der Waals surface area contributed by atoms with Gasteiger partial charge in [-0.05, 0) is 71.4 Å². The topological polar surface area (TPSA) is 18.5 Å². The summed E-state index contributed by atoms with van der Waals surface area (Å²) < 4.78 is 13.5. The molecule has 0 amide bonds. The Balaban J connectivity index is 1.80. The van der Waals surface area contributed by atoms with Crippen molar-refractivity contribution in [3.05, 3.63) is 101 Å². The van der Waals surface area contributed by atoms with E-state index in [4.69, 9.17) is 9.47 Å². The normalized spacial score (nSPS) is 15.8. The molecule has 1 aliphatic rings. The second-order valence-electron chi connectivity index (χ2n) is 12.2. The Kier molecular flexibility index (Phi) is 11.4. The number of hydrogen-bond donors (Lipinski definition) is 0. The van der Waals surface area contributed by atoms with Gasteiger partial charge in [0.25, 0.3) is 0 Å². The van der Waals surface area contributed by atoms with Crippen molar-refractivity contribution >= 4 is 21.5 Å². The van der Waals surface area contributed by atoms with Crippen molar-refractivity contribution in [3.63, 3.8) is 0 Å². The van der Waals surface area contributed by atoms with E-state index in [0.29, 0.717) is 19.1 Å². The smallest absolute Gasteiger partial charge is 0.131 e. The van der Waals surface area contributed by atoms with E-state index < -0.39 is 0 Å². The molecule has 0 aliphatic heterocycles. The van der Waals surface area contributed by atoms with Gasteiger partial charge in [0.2, 0.25) is 0 Å². The van der Waals surface area contributed by atoms with Crippen LogP contribution in [0.1, 0.15) is 101 Å². The van der Waals surface area contributed by atoms with Crippen LogP contribution in [0.5, 0.6) is 11.5 Å². The van der Waals surface area contributed by atoms with Crippen molar-refractivity contribution in [2.75, 3.05) is 5.33 Å². The fourth-order valence-electron chi connectivity index (χ4n) is 5.71. The number of alkyl halides is 1. The Morgan fingerprint density at radius 1 is 0.825 bits per heavy atom. The highest BCUT2D eigenvalue weighted by atomic mass is 79.9. The number of ether oxygens (including phenoxy) is 2. The molecule has 1 aliphatic carbocycles. The second-order valence-corrected chi connectivity index (χ2v) is 12.7. The lowest BCUT2D eigenvalue weighted by Crippen LogP contribution is -2.18. The number of allylic oxidation sites excluding steroid dienone is 2. The van der Waals surface area contributed by atoms with E-state index in [0.717, 1.165) is 41.7 Å². The number of halogens is 1. The number of benzene rings is 3. The van der Waals surface area contributed by atoms with Gasteiger partial charge >= 0.3 is 0 Å². The summed E-state index contributed by atoms with van der Waals surface area (Å²) in [6.45, 7) is 10.5. The summed E-state index contributed by atoms with van der Waals surface area (Å²) in [5.41, 5.74) is 7.69. The highest BCUT2D eigenvalue weighted by Gasteiger charge is 2.29. The second kappa shape index (κ2) is 14.9. The van der Waals surface area contributed by atoms with E-state index in [9.17, 15) is 0 Å². The molecular weight excluding hydrogens is 556 g/mol. The van der Waals surface area contributed by atoms with Crippen LogP contribution >= 0.6 is 15.9 Å². The summed E-state index contributed by atoms with van der Waals surface area (Å²) in [6, 6.07) is 25.6. The van der Waals surface area contributed by atoms with Crippen LogP contribution in [0.3, 0.4) is 0 Å². The molecule has 0 bridgehead atoms. The van der Waals surface area contributed by atoms with Crippen LogP contribution in [0.25, 0.3) is 5.57 Å². The molecule has 3 heteroatoms. The van der Waals surface area contributed by atoms with Gasteiger partial charge in [-0.3, -0.25) is 0 Å². The van der Waals surface area contributed by atoms with Crippen LogP contribution in [-0.2, 0) is 18.6 Å². The first-order chi connectivity index (χ1) is 19.4. The third kappa shape index (κ3) is 8.26. The minimum Gasteiger partial charge on any atom is -0.488 e. The van der Waals surface area contributed by atoms with Gasteiger partial charge in [0.1, 0.15) is 24.7 Å². The average Bonchev–Trinajstić information content (AvgIpc) is 2.98. The van der Waals surface area contributed by atoms with Gasteiger partial charge in [-0.2, -0.15) is 0 Å². The lowest BCUT2D eigenvalue weighted by Gasteiger charge is -2.31. The first-order valence-corrected chi connectivity index (χ1v) is 16.3. The molecule has 2 nitrogen and oxygen atoms in total. The number of rotatable bonds is 14. The van der Waals surface area contributed by atoms with Crippen LogP contribution in [0.15, 0.2) is 78.4 Å². The molecule has 0 spiro atoms. The SMILES string of the molecule is CCCCCCC(C)(C)c1cc(OCc2ccccc2)c(C2=C(CBr)CCC(C)C2)c(OCc2ccccc2)c1. The maximum Gasteiger partial charge on any atom is 0.131 e. The summed E-state index contributed by atoms with van der Waals surface area (Å²) in [5, 5.41) is 0.885. The summed E-state index contributed by atoms with van der Waals surface area (Å²) in [7, 11) is 0. The molecule has 1 unspecified atom stereocenters. The molecule has 3 aromatic rings. The zero-order valence-electron chi connectivity index (χ0n) is 25.0. The molecule has 0 fully saturated rings. The molecule has 3 aromatic carbocycles. The van der Waals surface area contributed by atoms with Gasteiger partial charge in [-0.25, -0.2) is 0 Å². The van der Waals surface area contributed by atoms with Crippen LogP contribution in [0, 0.1) is 5.92 Å². The van der Waals surface area contributed by atoms with Gasteiger partial charge in [-0.15, -0.1) is 0 Å². The maximum absolute atomic E-state index is 6.75. The first-order valence-electron chi connectivity index (χ1n) is 15.2. The van der Waals surface area contributed by atoms with Gasteiger partial charge < -0.3 is 9.47 Å². The number of hydrogen-bond acceptors (Lipinski definition) is 2. The Morgan fingerprint density at radius 2 is 1.40 bits per heavy atom. The maximum atomic E-state index is 6.75.